The number of H-pyrrole nitrogens is 1. The van der Waals surface area contributed by atoms with Gasteiger partial charge in [0.15, 0.2) is 0 Å². The van der Waals surface area contributed by atoms with Crippen molar-refractivity contribution in [2.75, 3.05) is 13.7 Å². The van der Waals surface area contributed by atoms with Gasteiger partial charge in [-0.3, -0.25) is 0 Å². The number of esters is 1. The topological polar surface area (TPSA) is 87.3 Å². The monoisotopic (exact) mass is 438 g/mol. The third-order valence-corrected chi connectivity index (χ3v) is 6.24. The highest BCUT2D eigenvalue weighted by Crippen LogP contribution is 2.39. The molecule has 0 saturated carbocycles. The Morgan fingerprint density at radius 3 is 2.86 bits per heavy atom. The van der Waals surface area contributed by atoms with Gasteiger partial charge in [-0.2, -0.15) is 0 Å². The minimum atomic E-state index is -0.742. The largest absolute Gasteiger partial charge is 0.467 e. The molecule has 156 valence electrons. The summed E-state index contributed by atoms with van der Waals surface area (Å²) in [5.41, 5.74) is 2.34. The first-order chi connectivity index (χ1) is 13.9. The van der Waals surface area contributed by atoms with Crippen LogP contribution in [0.4, 0.5) is 4.79 Å². The van der Waals surface area contributed by atoms with Crippen LogP contribution in [-0.4, -0.2) is 46.6 Å². The second kappa shape index (κ2) is 9.05. The van der Waals surface area contributed by atoms with Crippen molar-refractivity contribution < 1.29 is 14.3 Å². The molecule has 3 atom stereocenters. The highest BCUT2D eigenvalue weighted by Gasteiger charge is 2.37. The van der Waals surface area contributed by atoms with Crippen molar-refractivity contribution in [2.45, 2.75) is 38.8 Å². The number of nitrogens with zero attached hydrogens (tertiary/aromatic N) is 2. The number of amides is 2. The molecule has 2 amide bonds. The molecule has 1 aliphatic rings. The standard InChI is InChI=1S/C20H24Cl2N4O3/c1-4-11(2)16(19(27)29-3)25-20(28)26-9-8-14-17(24-10-23-14)18(26)12-6-5-7-13(21)15(12)22/h5-7,10-11,16,18H,4,8-9H2,1-3H3,(H,23,24)(H,25,28)/t11-,16+,18+/m1/s1. The number of methoxy groups -OCH3 is 1. The molecule has 1 aromatic heterocycles. The molecule has 2 heterocycles. The molecular weight excluding hydrogens is 415 g/mol. The van der Waals surface area contributed by atoms with E-state index >= 15 is 0 Å². The van der Waals surface area contributed by atoms with Crippen molar-refractivity contribution in [3.05, 3.63) is 51.5 Å². The van der Waals surface area contributed by atoms with E-state index in [4.69, 9.17) is 27.9 Å². The number of fused-ring (bicyclic) bond motifs is 1. The van der Waals surface area contributed by atoms with Crippen LogP contribution in [0.5, 0.6) is 0 Å². The van der Waals surface area contributed by atoms with E-state index in [9.17, 15) is 9.59 Å². The normalized spacial score (nSPS) is 18.0. The Kier molecular flexibility index (Phi) is 6.70. The predicted octanol–water partition coefficient (Wildman–Crippen LogP) is 3.96. The lowest BCUT2D eigenvalue weighted by Gasteiger charge is -2.37. The maximum Gasteiger partial charge on any atom is 0.328 e. The number of aromatic nitrogens is 2. The maximum absolute atomic E-state index is 13.3. The Morgan fingerprint density at radius 1 is 1.41 bits per heavy atom. The fourth-order valence-electron chi connectivity index (χ4n) is 3.55. The zero-order chi connectivity index (χ0) is 21.1. The van der Waals surface area contributed by atoms with Gasteiger partial charge in [-0.25, -0.2) is 14.6 Å². The third kappa shape index (κ3) is 4.21. The number of aromatic amines is 1. The minimum absolute atomic E-state index is 0.0784. The predicted molar refractivity (Wildman–Crippen MR) is 111 cm³/mol. The van der Waals surface area contributed by atoms with Gasteiger partial charge in [0.05, 0.1) is 29.2 Å². The Balaban J connectivity index is 1.97. The average Bonchev–Trinajstić information content (AvgIpc) is 3.21. The van der Waals surface area contributed by atoms with Crippen molar-refractivity contribution in [3.63, 3.8) is 0 Å². The summed E-state index contributed by atoms with van der Waals surface area (Å²) in [5.74, 6) is -0.548. The van der Waals surface area contributed by atoms with E-state index in [0.29, 0.717) is 40.7 Å². The number of carbonyl (C=O) groups excluding carboxylic acids is 2. The quantitative estimate of drug-likeness (QED) is 0.691. The zero-order valence-electron chi connectivity index (χ0n) is 16.5. The van der Waals surface area contributed by atoms with Crippen LogP contribution in [0.2, 0.25) is 10.0 Å². The number of ether oxygens (including phenoxy) is 1. The van der Waals surface area contributed by atoms with E-state index < -0.39 is 18.1 Å². The van der Waals surface area contributed by atoms with Crippen LogP contribution in [0.15, 0.2) is 24.5 Å². The SMILES string of the molecule is CC[C@@H](C)[C@H](NC(=O)N1CCc2[nH]cnc2[C@@H]1c1cccc(Cl)c1Cl)C(=O)OC. The Bertz CT molecular complexity index is 902. The molecule has 0 radical (unpaired) electrons. The second-order valence-corrected chi connectivity index (χ2v) is 7.88. The van der Waals surface area contributed by atoms with Gasteiger partial charge in [-0.1, -0.05) is 55.6 Å². The van der Waals surface area contributed by atoms with Gasteiger partial charge in [0.25, 0.3) is 0 Å². The molecule has 7 nitrogen and oxygen atoms in total. The number of benzene rings is 1. The first-order valence-corrected chi connectivity index (χ1v) is 10.3. The minimum Gasteiger partial charge on any atom is -0.467 e. The summed E-state index contributed by atoms with van der Waals surface area (Å²) in [7, 11) is 1.31. The van der Waals surface area contributed by atoms with E-state index in [-0.39, 0.29) is 11.9 Å². The third-order valence-electron chi connectivity index (χ3n) is 5.41. The number of halogens is 2. The van der Waals surface area contributed by atoms with E-state index in [1.807, 2.05) is 19.9 Å². The second-order valence-electron chi connectivity index (χ2n) is 7.09. The zero-order valence-corrected chi connectivity index (χ0v) is 18.0. The first kappa shape index (κ1) is 21.5. The Morgan fingerprint density at radius 2 is 2.17 bits per heavy atom. The summed E-state index contributed by atoms with van der Waals surface area (Å²) >= 11 is 12.7. The van der Waals surface area contributed by atoms with Crippen molar-refractivity contribution in [1.29, 1.82) is 0 Å². The molecule has 1 aromatic carbocycles. The van der Waals surface area contributed by atoms with Crippen LogP contribution >= 0.6 is 23.2 Å². The number of rotatable bonds is 5. The number of carbonyl (C=O) groups is 2. The summed E-state index contributed by atoms with van der Waals surface area (Å²) in [6.45, 7) is 4.29. The lowest BCUT2D eigenvalue weighted by Crippen LogP contribution is -2.53. The average molecular weight is 439 g/mol. The van der Waals surface area contributed by atoms with Crippen LogP contribution in [0.1, 0.15) is 43.3 Å². The highest BCUT2D eigenvalue weighted by atomic mass is 35.5. The summed E-state index contributed by atoms with van der Waals surface area (Å²) in [5, 5.41) is 3.62. The van der Waals surface area contributed by atoms with E-state index in [2.05, 4.69) is 15.3 Å². The summed E-state index contributed by atoms with van der Waals surface area (Å²) in [4.78, 5) is 34.7. The number of hydrogen-bond donors (Lipinski definition) is 2. The fourth-order valence-corrected chi connectivity index (χ4v) is 3.97. The number of urea groups is 1. The molecule has 0 fully saturated rings. The smallest absolute Gasteiger partial charge is 0.328 e. The van der Waals surface area contributed by atoms with Crippen molar-refractivity contribution >= 4 is 35.2 Å². The molecule has 29 heavy (non-hydrogen) atoms. The van der Waals surface area contributed by atoms with Crippen LogP contribution in [-0.2, 0) is 16.0 Å². The molecule has 0 unspecified atom stereocenters. The van der Waals surface area contributed by atoms with E-state index in [0.717, 1.165) is 5.69 Å². The highest BCUT2D eigenvalue weighted by molar-refractivity contribution is 6.42. The molecule has 0 spiro atoms. The van der Waals surface area contributed by atoms with Crippen LogP contribution in [0, 0.1) is 5.92 Å². The van der Waals surface area contributed by atoms with Gasteiger partial charge < -0.3 is 19.9 Å². The fraction of sp³-hybridized carbons (Fsp3) is 0.450. The number of nitrogens with one attached hydrogen (secondary N) is 2. The molecule has 1 aliphatic heterocycles. The lowest BCUT2D eigenvalue weighted by molar-refractivity contribution is -0.144. The van der Waals surface area contributed by atoms with Crippen LogP contribution in [0.3, 0.4) is 0 Å². The van der Waals surface area contributed by atoms with Gasteiger partial charge in [-0.15, -0.1) is 0 Å². The number of hydrogen-bond acceptors (Lipinski definition) is 4. The van der Waals surface area contributed by atoms with Crippen LogP contribution < -0.4 is 5.32 Å². The Hall–Kier alpha value is -2.25. The lowest BCUT2D eigenvalue weighted by atomic mass is 9.95. The molecule has 2 aromatic rings. The number of imidazole rings is 1. The van der Waals surface area contributed by atoms with Crippen molar-refractivity contribution in [1.82, 2.24) is 20.2 Å². The molecule has 9 heteroatoms. The van der Waals surface area contributed by atoms with Crippen LogP contribution in [0.25, 0.3) is 0 Å². The van der Waals surface area contributed by atoms with Crippen molar-refractivity contribution in [2.24, 2.45) is 5.92 Å². The van der Waals surface area contributed by atoms with E-state index in [1.54, 1.807) is 23.4 Å². The van der Waals surface area contributed by atoms with E-state index in [1.165, 1.54) is 7.11 Å². The molecule has 0 saturated heterocycles. The Labute approximate surface area is 179 Å². The summed E-state index contributed by atoms with van der Waals surface area (Å²) in [6, 6.07) is 3.67. The first-order valence-electron chi connectivity index (χ1n) is 9.50. The summed E-state index contributed by atoms with van der Waals surface area (Å²) < 4.78 is 4.89. The maximum atomic E-state index is 13.3. The molecule has 0 bridgehead atoms. The molecule has 3 rings (SSSR count). The van der Waals surface area contributed by atoms with Gasteiger partial charge in [0.2, 0.25) is 0 Å². The van der Waals surface area contributed by atoms with Gasteiger partial charge in [-0.05, 0) is 12.0 Å². The van der Waals surface area contributed by atoms with Gasteiger partial charge in [0.1, 0.15) is 12.1 Å². The van der Waals surface area contributed by atoms with Gasteiger partial charge in [0, 0.05) is 24.2 Å². The molecule has 2 N–H and O–H groups in total. The van der Waals surface area contributed by atoms with Gasteiger partial charge >= 0.3 is 12.0 Å². The molecular formula is C20H24Cl2N4O3. The molecule has 0 aliphatic carbocycles. The summed E-state index contributed by atoms with van der Waals surface area (Å²) in [6.07, 6.45) is 2.94. The van der Waals surface area contributed by atoms with Crippen molar-refractivity contribution in [3.8, 4) is 0 Å².